The Balaban J connectivity index is 1.65. The van der Waals surface area contributed by atoms with Gasteiger partial charge in [-0.05, 0) is 18.9 Å². The average molecular weight is 614 g/mol. The molecule has 1 aliphatic heterocycles. The highest BCUT2D eigenvalue weighted by Crippen LogP contribution is 2.55. The van der Waals surface area contributed by atoms with Crippen LogP contribution in [0.15, 0.2) is 29.2 Å². The molecule has 0 saturated heterocycles. The minimum Gasteiger partial charge on any atom is -0.502 e. The molecule has 2 amide bonds. The van der Waals surface area contributed by atoms with Gasteiger partial charge >= 0.3 is 0 Å². The quantitative estimate of drug-likeness (QED) is 0.135. The number of pyridine rings is 1. The van der Waals surface area contributed by atoms with Crippen molar-refractivity contribution in [2.45, 2.75) is 37.1 Å². The van der Waals surface area contributed by atoms with Crippen molar-refractivity contribution >= 4 is 26.7 Å². The third kappa shape index (κ3) is 5.80. The third-order valence-corrected chi connectivity index (χ3v) is 8.99. The number of hydrogen-bond acceptors (Lipinski definition) is 11. The number of halogens is 2. The number of aliphatic hydroxyl groups is 1. The summed E-state index contributed by atoms with van der Waals surface area (Å²) in [4.78, 5) is 51.2. The Hall–Kier alpha value is -3.69. The summed E-state index contributed by atoms with van der Waals surface area (Å²) in [5.41, 5.74) is -3.75. The van der Waals surface area contributed by atoms with Crippen LogP contribution >= 0.6 is 8.38 Å². The summed E-state index contributed by atoms with van der Waals surface area (Å²) in [6, 6.07) is 2.80. The number of amides is 2. The van der Waals surface area contributed by atoms with Crippen molar-refractivity contribution in [3.8, 4) is 5.75 Å². The molecule has 3 N–H and O–H groups in total. The monoisotopic (exact) mass is 614 g/mol. The SMILES string of the molecule is COCOP(OCOC=O)C1CCC2(C1)N(CO)C(=O)c1c(O)c(=O)c(C(=O)NCc3ccc(F)cc3F)cn1N2C. The molecule has 4 rings (SSSR count). The molecule has 228 valence electrons. The summed E-state index contributed by atoms with van der Waals surface area (Å²) >= 11 is 0. The first-order chi connectivity index (χ1) is 20.1. The number of aromatic nitrogens is 1. The summed E-state index contributed by atoms with van der Waals surface area (Å²) in [6.45, 7) is -1.42. The number of ether oxygens (including phenoxy) is 2. The lowest BCUT2D eigenvalue weighted by Gasteiger charge is -2.52. The van der Waals surface area contributed by atoms with Crippen LogP contribution in [0.5, 0.6) is 5.75 Å². The number of rotatable bonds is 12. The molecular formula is C25H29F2N4O10P. The van der Waals surface area contributed by atoms with Gasteiger partial charge in [0.15, 0.2) is 33.4 Å². The first-order valence-corrected chi connectivity index (χ1v) is 13.8. The molecule has 1 aromatic carbocycles. The summed E-state index contributed by atoms with van der Waals surface area (Å²) in [7, 11) is 1.27. The molecule has 0 radical (unpaired) electrons. The summed E-state index contributed by atoms with van der Waals surface area (Å²) in [6.07, 6.45) is 1.98. The Labute approximate surface area is 239 Å². The largest absolute Gasteiger partial charge is 0.502 e. The van der Waals surface area contributed by atoms with Crippen molar-refractivity contribution < 1.29 is 51.9 Å². The number of carbonyl (C=O) groups is 3. The van der Waals surface area contributed by atoms with Crippen LogP contribution in [0.1, 0.15) is 45.7 Å². The molecule has 14 nitrogen and oxygen atoms in total. The standard InChI is InChI=1S/C25H29F2N4O10P/c1-29-25(6-5-17(8-25)42(40-13-38-2)41-14-39-12-33)30(11-32)24(37)20-22(35)21(34)18(10-31(20)29)23(36)28-9-15-3-4-16(26)7-19(15)27/h3-4,7,10,12,17,32,35H,5-6,8-9,11,13-14H2,1-2H3,(H,28,36). The first kappa shape index (κ1) is 31.3. The second-order valence-electron chi connectivity index (χ2n) is 9.44. The maximum atomic E-state index is 14.0. The second-order valence-corrected chi connectivity index (χ2v) is 11.3. The molecule has 1 fully saturated rings. The predicted molar refractivity (Wildman–Crippen MR) is 141 cm³/mol. The van der Waals surface area contributed by atoms with Crippen LogP contribution in [0.2, 0.25) is 0 Å². The second kappa shape index (κ2) is 13.1. The number of methoxy groups -OCH3 is 1. The predicted octanol–water partition coefficient (Wildman–Crippen LogP) is 1.06. The zero-order chi connectivity index (χ0) is 30.6. The van der Waals surface area contributed by atoms with E-state index < -0.39 is 66.7 Å². The van der Waals surface area contributed by atoms with Crippen LogP contribution < -0.4 is 15.8 Å². The van der Waals surface area contributed by atoms with Crippen LogP contribution in [-0.4, -0.2) is 83.9 Å². The minimum absolute atomic E-state index is 0.0400. The highest BCUT2D eigenvalue weighted by atomic mass is 31.2. The molecule has 2 aliphatic rings. The van der Waals surface area contributed by atoms with E-state index in [4.69, 9.17) is 13.8 Å². The number of nitrogens with one attached hydrogen (secondary N) is 1. The summed E-state index contributed by atoms with van der Waals surface area (Å²) in [5, 5.41) is 24.9. The van der Waals surface area contributed by atoms with Crippen molar-refractivity contribution in [2.75, 3.05) is 39.5 Å². The Bertz CT molecular complexity index is 1410. The fraction of sp³-hybridized carbons (Fsp3) is 0.440. The maximum absolute atomic E-state index is 14.0. The molecule has 3 atom stereocenters. The zero-order valence-corrected chi connectivity index (χ0v) is 23.5. The third-order valence-electron chi connectivity index (χ3n) is 7.23. The van der Waals surface area contributed by atoms with Gasteiger partial charge in [0.1, 0.15) is 29.6 Å². The molecule has 3 unspecified atom stereocenters. The van der Waals surface area contributed by atoms with Gasteiger partial charge in [-0.2, -0.15) is 0 Å². The van der Waals surface area contributed by atoms with Gasteiger partial charge in [-0.25, -0.2) is 8.78 Å². The fourth-order valence-electron chi connectivity index (χ4n) is 5.17. The first-order valence-electron chi connectivity index (χ1n) is 12.6. The van der Waals surface area contributed by atoms with E-state index >= 15 is 0 Å². The van der Waals surface area contributed by atoms with Crippen LogP contribution in [0, 0.1) is 11.6 Å². The molecule has 2 aromatic rings. The smallest absolute Gasteiger partial charge is 0.295 e. The van der Waals surface area contributed by atoms with E-state index in [9.17, 15) is 38.2 Å². The van der Waals surface area contributed by atoms with Crippen LogP contribution in [0.25, 0.3) is 0 Å². The summed E-state index contributed by atoms with van der Waals surface area (Å²) < 4.78 is 49.3. The molecule has 42 heavy (non-hydrogen) atoms. The Morgan fingerprint density at radius 2 is 2.00 bits per heavy atom. The normalized spacial score (nSPS) is 20.5. The number of carbonyl (C=O) groups excluding carboxylic acids is 3. The van der Waals surface area contributed by atoms with Gasteiger partial charge in [-0.15, -0.1) is 0 Å². The highest BCUT2D eigenvalue weighted by Gasteiger charge is 2.55. The fourth-order valence-corrected chi connectivity index (χ4v) is 6.82. The van der Waals surface area contributed by atoms with Gasteiger partial charge in [0, 0.05) is 50.6 Å². The van der Waals surface area contributed by atoms with E-state index in [1.807, 2.05) is 0 Å². The van der Waals surface area contributed by atoms with E-state index in [1.54, 1.807) is 7.05 Å². The number of hydrogen-bond donors (Lipinski definition) is 3. The molecule has 1 aromatic heterocycles. The van der Waals surface area contributed by atoms with Gasteiger partial charge in [0.05, 0.1) is 0 Å². The van der Waals surface area contributed by atoms with Crippen molar-refractivity contribution in [3.63, 3.8) is 0 Å². The van der Waals surface area contributed by atoms with Gasteiger partial charge in [-0.1, -0.05) is 6.07 Å². The van der Waals surface area contributed by atoms with Crippen molar-refractivity contribution in [1.29, 1.82) is 0 Å². The lowest BCUT2D eigenvalue weighted by molar-refractivity contribution is -0.134. The van der Waals surface area contributed by atoms with Gasteiger partial charge in [-0.3, -0.25) is 38.3 Å². The van der Waals surface area contributed by atoms with E-state index in [1.165, 1.54) is 12.1 Å². The van der Waals surface area contributed by atoms with E-state index in [0.29, 0.717) is 12.5 Å². The molecule has 1 saturated carbocycles. The summed E-state index contributed by atoms with van der Waals surface area (Å²) in [5.74, 6) is -4.55. The zero-order valence-electron chi connectivity index (χ0n) is 22.6. The van der Waals surface area contributed by atoms with Crippen LogP contribution in [0.3, 0.4) is 0 Å². The lowest BCUT2D eigenvalue weighted by Crippen LogP contribution is -2.68. The lowest BCUT2D eigenvalue weighted by atomic mass is 10.0. The number of aromatic hydroxyl groups is 1. The van der Waals surface area contributed by atoms with Gasteiger partial charge < -0.3 is 29.5 Å². The van der Waals surface area contributed by atoms with Gasteiger partial charge in [0.2, 0.25) is 5.43 Å². The maximum Gasteiger partial charge on any atom is 0.295 e. The minimum atomic E-state index is -1.70. The number of aliphatic hydroxyl groups excluding tert-OH is 1. The number of benzene rings is 1. The molecule has 1 aliphatic carbocycles. The topological polar surface area (TPSA) is 169 Å². The highest BCUT2D eigenvalue weighted by molar-refractivity contribution is 7.48. The molecule has 1 spiro atoms. The number of nitrogens with zero attached hydrogens (tertiary/aromatic N) is 3. The average Bonchev–Trinajstić information content (AvgIpc) is 3.40. The van der Waals surface area contributed by atoms with Crippen LogP contribution in [0.4, 0.5) is 8.78 Å². The Kier molecular flexibility index (Phi) is 9.74. The van der Waals surface area contributed by atoms with Crippen molar-refractivity contribution in [3.05, 3.63) is 63.1 Å². The van der Waals surface area contributed by atoms with E-state index in [-0.39, 0.29) is 50.7 Å². The Morgan fingerprint density at radius 3 is 2.67 bits per heavy atom. The van der Waals surface area contributed by atoms with Crippen molar-refractivity contribution in [1.82, 2.24) is 14.9 Å². The van der Waals surface area contributed by atoms with Crippen molar-refractivity contribution in [2.24, 2.45) is 0 Å². The van der Waals surface area contributed by atoms with Gasteiger partial charge in [0.25, 0.3) is 18.3 Å². The molecule has 17 heteroatoms. The number of fused-ring (bicyclic) bond motifs is 1. The Morgan fingerprint density at radius 1 is 1.26 bits per heavy atom. The molecular weight excluding hydrogens is 585 g/mol. The molecule has 2 heterocycles. The van der Waals surface area contributed by atoms with E-state index in [0.717, 1.165) is 27.9 Å². The van der Waals surface area contributed by atoms with Crippen LogP contribution in [-0.2, 0) is 29.9 Å². The molecule has 0 bridgehead atoms. The van der Waals surface area contributed by atoms with E-state index in [2.05, 4.69) is 10.1 Å².